The van der Waals surface area contributed by atoms with Gasteiger partial charge in [0.15, 0.2) is 11.5 Å². The first kappa shape index (κ1) is 27.2. The number of ether oxygens (including phenoxy) is 1. The highest BCUT2D eigenvalue weighted by Gasteiger charge is 2.36. The maximum atomic E-state index is 13.8. The van der Waals surface area contributed by atoms with Crippen LogP contribution in [0.2, 0.25) is 0 Å². The van der Waals surface area contributed by atoms with Crippen LogP contribution >= 0.6 is 0 Å². The van der Waals surface area contributed by atoms with Crippen LogP contribution in [0.4, 0.5) is 5.82 Å². The fraction of sp³-hybridized carbons (Fsp3) is 0.323. The second kappa shape index (κ2) is 10.8. The summed E-state index contributed by atoms with van der Waals surface area (Å²) in [5.74, 6) is 1.28. The standard InChI is InChI=1S/C31H32N8O3/c1-31(2,37-13-6-14-37)15-22(16-32)29(40)36-17-21(18-36)19-38-28-26(27(33)34-20-35-28)39(30(38)41)23-9-11-25(12-10-23)42-24-7-4-3-5-8-24/h3-5,7-12,15,20-21H,6,13-14,17-19H2,1-2H3,(H2,33,34,35). The van der Waals surface area contributed by atoms with Crippen LogP contribution in [0.1, 0.15) is 20.3 Å². The summed E-state index contributed by atoms with van der Waals surface area (Å²) in [5.41, 5.74) is 7.19. The molecule has 1 amide bonds. The predicted octanol–water partition coefficient (Wildman–Crippen LogP) is 3.35. The Morgan fingerprint density at radius 3 is 2.43 bits per heavy atom. The van der Waals surface area contributed by atoms with Gasteiger partial charge < -0.3 is 15.4 Å². The number of rotatable bonds is 8. The Hall–Kier alpha value is -4.95. The monoisotopic (exact) mass is 564 g/mol. The van der Waals surface area contributed by atoms with Gasteiger partial charge in [-0.25, -0.2) is 14.8 Å². The maximum Gasteiger partial charge on any atom is 0.335 e. The molecule has 2 aliphatic heterocycles. The van der Waals surface area contributed by atoms with Crippen LogP contribution in [-0.4, -0.2) is 66.5 Å². The van der Waals surface area contributed by atoms with Crippen molar-refractivity contribution in [3.63, 3.8) is 0 Å². The van der Waals surface area contributed by atoms with Crippen molar-refractivity contribution in [2.24, 2.45) is 5.92 Å². The Bertz CT molecular complexity index is 1760. The van der Waals surface area contributed by atoms with Crippen molar-refractivity contribution in [2.45, 2.75) is 32.4 Å². The predicted molar refractivity (Wildman–Crippen MR) is 158 cm³/mol. The maximum absolute atomic E-state index is 13.8. The molecule has 2 aromatic heterocycles. The van der Waals surface area contributed by atoms with Crippen molar-refractivity contribution >= 4 is 22.9 Å². The van der Waals surface area contributed by atoms with Crippen LogP contribution in [0.3, 0.4) is 0 Å². The van der Waals surface area contributed by atoms with Gasteiger partial charge in [0, 0.05) is 44.2 Å². The second-order valence-electron chi connectivity index (χ2n) is 11.3. The van der Waals surface area contributed by atoms with Crippen molar-refractivity contribution in [1.82, 2.24) is 28.9 Å². The zero-order chi connectivity index (χ0) is 29.4. The van der Waals surface area contributed by atoms with Crippen LogP contribution in [0.15, 0.2) is 77.4 Å². The van der Waals surface area contributed by atoms with Crippen LogP contribution < -0.4 is 16.2 Å². The summed E-state index contributed by atoms with van der Waals surface area (Å²) in [6.07, 6.45) is 4.24. The number of anilines is 1. The summed E-state index contributed by atoms with van der Waals surface area (Å²) in [7, 11) is 0. The number of para-hydroxylation sites is 1. The van der Waals surface area contributed by atoms with Gasteiger partial charge in [0.2, 0.25) is 0 Å². The third kappa shape index (κ3) is 5.01. The SMILES string of the molecule is CC(C)(C=C(C#N)C(=O)N1CC(Cn2c(=O)n(-c3ccc(Oc4ccccc4)cc3)c3c(N)ncnc32)C1)N1CCC1. The van der Waals surface area contributed by atoms with E-state index in [4.69, 9.17) is 10.5 Å². The minimum atomic E-state index is -0.357. The molecule has 214 valence electrons. The lowest BCUT2D eigenvalue weighted by Crippen LogP contribution is -2.53. The van der Waals surface area contributed by atoms with Crippen LogP contribution in [-0.2, 0) is 11.3 Å². The lowest BCUT2D eigenvalue weighted by Gasteiger charge is -2.43. The Balaban J connectivity index is 1.21. The normalized spacial score (nSPS) is 16.1. The van der Waals surface area contributed by atoms with Gasteiger partial charge in [0.1, 0.15) is 35.0 Å². The number of carbonyl (C=O) groups excluding carboxylic acids is 1. The molecule has 4 aromatic rings. The number of nitrogens with zero attached hydrogens (tertiary/aromatic N) is 7. The number of benzene rings is 2. The Labute approximate surface area is 243 Å². The van der Waals surface area contributed by atoms with E-state index in [2.05, 4.69) is 20.9 Å². The Morgan fingerprint density at radius 1 is 1.10 bits per heavy atom. The number of hydrogen-bond acceptors (Lipinski definition) is 8. The highest BCUT2D eigenvalue weighted by molar-refractivity contribution is 5.98. The highest BCUT2D eigenvalue weighted by Crippen LogP contribution is 2.28. The van der Waals surface area contributed by atoms with Gasteiger partial charge in [-0.05, 0) is 62.7 Å². The molecule has 0 unspecified atom stereocenters. The quantitative estimate of drug-likeness (QED) is 0.254. The minimum Gasteiger partial charge on any atom is -0.457 e. The van der Waals surface area contributed by atoms with Gasteiger partial charge in [-0.2, -0.15) is 5.26 Å². The smallest absolute Gasteiger partial charge is 0.335 e. The molecule has 2 saturated heterocycles. The molecular weight excluding hydrogens is 532 g/mol. The van der Waals surface area contributed by atoms with E-state index in [1.807, 2.05) is 44.2 Å². The average molecular weight is 565 g/mol. The molecule has 42 heavy (non-hydrogen) atoms. The Kier molecular flexibility index (Phi) is 7.00. The summed E-state index contributed by atoms with van der Waals surface area (Å²) in [4.78, 5) is 39.3. The average Bonchev–Trinajstić information content (AvgIpc) is 3.20. The van der Waals surface area contributed by atoms with Crippen LogP contribution in [0.25, 0.3) is 16.9 Å². The van der Waals surface area contributed by atoms with Gasteiger partial charge in [0.25, 0.3) is 5.91 Å². The largest absolute Gasteiger partial charge is 0.457 e. The summed E-state index contributed by atoms with van der Waals surface area (Å²) in [5, 5.41) is 9.72. The van der Waals surface area contributed by atoms with Gasteiger partial charge in [-0.15, -0.1) is 0 Å². The Morgan fingerprint density at radius 2 is 1.79 bits per heavy atom. The minimum absolute atomic E-state index is 0.0203. The van der Waals surface area contributed by atoms with Gasteiger partial charge in [-0.1, -0.05) is 18.2 Å². The van der Waals surface area contributed by atoms with Gasteiger partial charge in [-0.3, -0.25) is 18.8 Å². The second-order valence-corrected chi connectivity index (χ2v) is 11.3. The third-order valence-corrected chi connectivity index (χ3v) is 8.01. The molecule has 4 heterocycles. The first-order valence-electron chi connectivity index (χ1n) is 14.0. The molecule has 11 heteroatoms. The molecule has 0 spiro atoms. The number of imidazole rings is 1. The highest BCUT2D eigenvalue weighted by atomic mass is 16.5. The molecule has 2 N–H and O–H groups in total. The molecule has 0 radical (unpaired) electrons. The first-order chi connectivity index (χ1) is 20.2. The summed E-state index contributed by atoms with van der Waals surface area (Å²) >= 11 is 0. The molecule has 11 nitrogen and oxygen atoms in total. The van der Waals surface area contributed by atoms with E-state index in [-0.39, 0.29) is 34.4 Å². The van der Waals surface area contributed by atoms with Gasteiger partial charge in [0.05, 0.1) is 5.69 Å². The number of nitrogens with two attached hydrogens (primary N) is 1. The van der Waals surface area contributed by atoms with Crippen molar-refractivity contribution in [3.05, 3.63) is 83.1 Å². The van der Waals surface area contributed by atoms with E-state index < -0.39 is 0 Å². The van der Waals surface area contributed by atoms with Crippen molar-refractivity contribution in [1.29, 1.82) is 5.26 Å². The summed E-state index contributed by atoms with van der Waals surface area (Å²) < 4.78 is 8.98. The number of nitriles is 1. The fourth-order valence-electron chi connectivity index (χ4n) is 5.55. The number of nitrogen functional groups attached to an aromatic ring is 1. The number of likely N-dealkylation sites (tertiary alicyclic amines) is 2. The molecule has 0 saturated carbocycles. The van der Waals surface area contributed by atoms with E-state index >= 15 is 0 Å². The molecule has 2 aliphatic rings. The van der Waals surface area contributed by atoms with Gasteiger partial charge >= 0.3 is 5.69 Å². The number of carbonyl (C=O) groups is 1. The summed E-state index contributed by atoms with van der Waals surface area (Å²) in [6, 6.07) is 18.7. The van der Waals surface area contributed by atoms with Crippen LogP contribution in [0.5, 0.6) is 11.5 Å². The van der Waals surface area contributed by atoms with E-state index in [0.717, 1.165) is 19.5 Å². The van der Waals surface area contributed by atoms with Crippen molar-refractivity contribution in [2.75, 3.05) is 31.9 Å². The summed E-state index contributed by atoms with van der Waals surface area (Å²) in [6.45, 7) is 7.20. The third-order valence-electron chi connectivity index (χ3n) is 8.01. The molecule has 6 rings (SSSR count). The molecule has 0 bridgehead atoms. The lowest BCUT2D eigenvalue weighted by atomic mass is 9.93. The van der Waals surface area contributed by atoms with E-state index in [0.29, 0.717) is 48.0 Å². The van der Waals surface area contributed by atoms with E-state index in [1.165, 1.54) is 10.9 Å². The van der Waals surface area contributed by atoms with Crippen molar-refractivity contribution < 1.29 is 9.53 Å². The van der Waals surface area contributed by atoms with E-state index in [9.17, 15) is 14.9 Å². The zero-order valence-electron chi connectivity index (χ0n) is 23.6. The fourth-order valence-corrected chi connectivity index (χ4v) is 5.55. The molecule has 2 fully saturated rings. The first-order valence-corrected chi connectivity index (χ1v) is 14.0. The topological polar surface area (TPSA) is 135 Å². The lowest BCUT2D eigenvalue weighted by molar-refractivity contribution is -0.133. The molecule has 0 atom stereocenters. The number of fused-ring (bicyclic) bond motifs is 1. The number of hydrogen-bond donors (Lipinski definition) is 1. The molecule has 0 aliphatic carbocycles. The van der Waals surface area contributed by atoms with Crippen molar-refractivity contribution in [3.8, 4) is 23.3 Å². The van der Waals surface area contributed by atoms with Crippen LogP contribution in [0, 0.1) is 17.2 Å². The van der Waals surface area contributed by atoms with E-state index in [1.54, 1.807) is 39.8 Å². The molecule has 2 aromatic carbocycles. The number of amides is 1. The zero-order valence-corrected chi connectivity index (χ0v) is 23.6. The number of aromatic nitrogens is 4. The molecular formula is C31H32N8O3.